The molecule has 2 aromatic carbocycles. The minimum absolute atomic E-state index is 0.0590. The molecule has 0 atom stereocenters. The van der Waals surface area contributed by atoms with E-state index in [1.807, 2.05) is 13.8 Å². The predicted octanol–water partition coefficient (Wildman–Crippen LogP) is 9.02. The van der Waals surface area contributed by atoms with E-state index < -0.39 is 0 Å². The normalized spacial score (nSPS) is 12.4. The number of phenolic OH excluding ortho intramolecular Hbond substituents is 2. The fourth-order valence-electron chi connectivity index (χ4n) is 4.88. The highest BCUT2D eigenvalue weighted by Crippen LogP contribution is 2.38. The molecule has 0 amide bonds. The molecule has 0 bridgehead atoms. The predicted molar refractivity (Wildman–Crippen MR) is 143 cm³/mol. The molecule has 2 rings (SSSR count). The lowest BCUT2D eigenvalue weighted by Crippen LogP contribution is -2.18. The van der Waals surface area contributed by atoms with Crippen LogP contribution >= 0.6 is 0 Å². The van der Waals surface area contributed by atoms with Crippen molar-refractivity contribution in [3.05, 3.63) is 57.6 Å². The maximum Gasteiger partial charge on any atom is 0.122 e. The van der Waals surface area contributed by atoms with Gasteiger partial charge < -0.3 is 10.2 Å². The van der Waals surface area contributed by atoms with Gasteiger partial charge in [-0.05, 0) is 70.9 Å². The van der Waals surface area contributed by atoms with Crippen molar-refractivity contribution >= 4 is 0 Å². The summed E-state index contributed by atoms with van der Waals surface area (Å²) >= 11 is 0. The van der Waals surface area contributed by atoms with E-state index in [9.17, 15) is 10.2 Å². The SMILES string of the molecule is CCCCCC(C)(C)c1cc(C)c(O)c(Cc2cc(C(C)(C)CCCCC)cc(C)c2O)c1. The Labute approximate surface area is 203 Å². The minimum Gasteiger partial charge on any atom is -0.507 e. The number of hydrogen-bond donors (Lipinski definition) is 2. The van der Waals surface area contributed by atoms with E-state index in [2.05, 4.69) is 65.8 Å². The van der Waals surface area contributed by atoms with Crippen LogP contribution in [0.5, 0.6) is 11.5 Å². The quantitative estimate of drug-likeness (QED) is 0.315. The lowest BCUT2D eigenvalue weighted by molar-refractivity contribution is 0.440. The molecule has 2 heteroatoms. The van der Waals surface area contributed by atoms with Gasteiger partial charge >= 0.3 is 0 Å². The molecule has 0 aliphatic rings. The van der Waals surface area contributed by atoms with E-state index >= 15 is 0 Å². The Morgan fingerprint density at radius 3 is 1.30 bits per heavy atom. The third-order valence-corrected chi connectivity index (χ3v) is 7.51. The van der Waals surface area contributed by atoms with Crippen molar-refractivity contribution in [2.75, 3.05) is 0 Å². The van der Waals surface area contributed by atoms with Gasteiger partial charge in [-0.1, -0.05) is 104 Å². The fraction of sp³-hybridized carbons (Fsp3) is 0.613. The van der Waals surface area contributed by atoms with Crippen LogP contribution in [0.25, 0.3) is 0 Å². The lowest BCUT2D eigenvalue weighted by Gasteiger charge is -2.28. The zero-order chi connectivity index (χ0) is 24.8. The van der Waals surface area contributed by atoms with Crippen molar-refractivity contribution in [1.82, 2.24) is 0 Å². The molecule has 0 aliphatic heterocycles. The van der Waals surface area contributed by atoms with Gasteiger partial charge in [-0.3, -0.25) is 0 Å². The zero-order valence-electron chi connectivity index (χ0n) is 22.6. The Morgan fingerprint density at radius 1 is 0.606 bits per heavy atom. The second-order valence-corrected chi connectivity index (χ2v) is 11.5. The summed E-state index contributed by atoms with van der Waals surface area (Å²) in [5, 5.41) is 21.8. The van der Waals surface area contributed by atoms with Crippen LogP contribution in [0.1, 0.15) is 126 Å². The average molecular weight is 453 g/mol. The topological polar surface area (TPSA) is 40.5 Å². The van der Waals surface area contributed by atoms with Crippen LogP contribution in [0.15, 0.2) is 24.3 Å². The average Bonchev–Trinajstić information content (AvgIpc) is 2.74. The highest BCUT2D eigenvalue weighted by Gasteiger charge is 2.25. The first-order valence-corrected chi connectivity index (χ1v) is 13.1. The minimum atomic E-state index is 0.0590. The van der Waals surface area contributed by atoms with E-state index in [-0.39, 0.29) is 10.8 Å². The van der Waals surface area contributed by atoms with Gasteiger partial charge in [-0.15, -0.1) is 0 Å². The van der Waals surface area contributed by atoms with Crippen molar-refractivity contribution in [2.45, 2.75) is 124 Å². The van der Waals surface area contributed by atoms with Crippen LogP contribution in [0.4, 0.5) is 0 Å². The summed E-state index contributed by atoms with van der Waals surface area (Å²) in [5.41, 5.74) is 6.31. The molecule has 184 valence electrons. The van der Waals surface area contributed by atoms with Crippen LogP contribution in [0.3, 0.4) is 0 Å². The highest BCUT2D eigenvalue weighted by atomic mass is 16.3. The Bertz CT molecular complexity index is 846. The molecular weight excluding hydrogens is 404 g/mol. The van der Waals surface area contributed by atoms with E-state index in [4.69, 9.17) is 0 Å². The van der Waals surface area contributed by atoms with Crippen molar-refractivity contribution in [1.29, 1.82) is 0 Å². The molecule has 2 aromatic rings. The molecule has 0 radical (unpaired) electrons. The van der Waals surface area contributed by atoms with Crippen molar-refractivity contribution in [3.8, 4) is 11.5 Å². The van der Waals surface area contributed by atoms with E-state index in [1.54, 1.807) is 0 Å². The number of aromatic hydroxyl groups is 2. The molecule has 33 heavy (non-hydrogen) atoms. The van der Waals surface area contributed by atoms with E-state index in [1.165, 1.54) is 49.7 Å². The second-order valence-electron chi connectivity index (χ2n) is 11.5. The van der Waals surface area contributed by atoms with E-state index in [0.29, 0.717) is 17.9 Å². The van der Waals surface area contributed by atoms with Gasteiger partial charge in [0.15, 0.2) is 0 Å². The molecule has 0 heterocycles. The molecule has 0 unspecified atom stereocenters. The Morgan fingerprint density at radius 2 is 0.970 bits per heavy atom. The Hall–Kier alpha value is -1.96. The molecule has 0 fully saturated rings. The fourth-order valence-corrected chi connectivity index (χ4v) is 4.88. The molecule has 0 aliphatic carbocycles. The van der Waals surface area contributed by atoms with Crippen molar-refractivity contribution in [3.63, 3.8) is 0 Å². The van der Waals surface area contributed by atoms with Crippen LogP contribution in [0, 0.1) is 13.8 Å². The van der Waals surface area contributed by atoms with Crippen molar-refractivity contribution in [2.24, 2.45) is 0 Å². The maximum absolute atomic E-state index is 10.9. The summed E-state index contributed by atoms with van der Waals surface area (Å²) in [7, 11) is 0. The molecule has 2 nitrogen and oxygen atoms in total. The first kappa shape index (κ1) is 27.3. The lowest BCUT2D eigenvalue weighted by atomic mass is 9.77. The third-order valence-electron chi connectivity index (χ3n) is 7.51. The molecule has 0 saturated heterocycles. The van der Waals surface area contributed by atoms with Gasteiger partial charge in [0.05, 0.1) is 0 Å². The number of aryl methyl sites for hydroxylation is 2. The summed E-state index contributed by atoms with van der Waals surface area (Å²) in [5.74, 6) is 0.709. The van der Waals surface area contributed by atoms with Gasteiger partial charge in [0.25, 0.3) is 0 Å². The van der Waals surface area contributed by atoms with Crippen LogP contribution < -0.4 is 0 Å². The Balaban J connectivity index is 2.42. The summed E-state index contributed by atoms with van der Waals surface area (Å²) in [6.45, 7) is 17.7. The third kappa shape index (κ3) is 7.01. The van der Waals surface area contributed by atoms with Gasteiger partial charge in [0.2, 0.25) is 0 Å². The summed E-state index contributed by atoms with van der Waals surface area (Å²) < 4.78 is 0. The Kier molecular flexibility index (Phi) is 9.47. The van der Waals surface area contributed by atoms with Gasteiger partial charge in [-0.25, -0.2) is 0 Å². The first-order chi connectivity index (χ1) is 15.4. The van der Waals surface area contributed by atoms with E-state index in [0.717, 1.165) is 35.1 Å². The summed E-state index contributed by atoms with van der Waals surface area (Å²) in [4.78, 5) is 0. The molecule has 0 spiro atoms. The highest BCUT2D eigenvalue weighted by molar-refractivity contribution is 5.51. The first-order valence-electron chi connectivity index (χ1n) is 13.1. The van der Waals surface area contributed by atoms with Gasteiger partial charge in [0, 0.05) is 6.42 Å². The summed E-state index contributed by atoms with van der Waals surface area (Å²) in [6.07, 6.45) is 10.2. The number of hydrogen-bond acceptors (Lipinski definition) is 2. The largest absolute Gasteiger partial charge is 0.507 e. The number of phenols is 2. The van der Waals surface area contributed by atoms with Crippen LogP contribution in [-0.2, 0) is 17.3 Å². The smallest absolute Gasteiger partial charge is 0.122 e. The van der Waals surface area contributed by atoms with Gasteiger partial charge in [0.1, 0.15) is 11.5 Å². The summed E-state index contributed by atoms with van der Waals surface area (Å²) in [6, 6.07) is 8.62. The molecule has 0 aromatic heterocycles. The number of rotatable bonds is 12. The monoisotopic (exact) mass is 452 g/mol. The van der Waals surface area contributed by atoms with Crippen molar-refractivity contribution < 1.29 is 10.2 Å². The second kappa shape index (κ2) is 11.4. The molecule has 2 N–H and O–H groups in total. The molecular formula is C31H48O2. The van der Waals surface area contributed by atoms with Crippen LogP contribution in [0.2, 0.25) is 0 Å². The standard InChI is InChI=1S/C31H48O2/c1-9-11-13-15-30(5,6)26-17-22(3)28(32)24(20-26)19-25-21-27(18-23(4)29(25)33)31(7,8)16-14-12-10-2/h17-18,20-21,32-33H,9-16,19H2,1-8H3. The number of unbranched alkanes of at least 4 members (excludes halogenated alkanes) is 4. The van der Waals surface area contributed by atoms with Crippen LogP contribution in [-0.4, -0.2) is 10.2 Å². The zero-order valence-corrected chi connectivity index (χ0v) is 22.6. The van der Waals surface area contributed by atoms with Gasteiger partial charge in [-0.2, -0.15) is 0 Å². The number of benzene rings is 2. The molecule has 0 saturated carbocycles. The maximum atomic E-state index is 10.9.